The quantitative estimate of drug-likeness (QED) is 0.527. The first kappa shape index (κ1) is 22.3. The molecule has 1 N–H and O–H groups in total. The molecule has 3 rings (SSSR count). The summed E-state index contributed by atoms with van der Waals surface area (Å²) >= 11 is 0. The molecule has 0 bridgehead atoms. The summed E-state index contributed by atoms with van der Waals surface area (Å²) in [5.74, 6) is 2.12. The fourth-order valence-corrected chi connectivity index (χ4v) is 2.97. The van der Waals surface area contributed by atoms with Crippen LogP contribution in [0.15, 0.2) is 48.5 Å². The maximum Gasteiger partial charge on any atom is 0.336 e. The van der Waals surface area contributed by atoms with E-state index in [2.05, 4.69) is 29.2 Å². The van der Waals surface area contributed by atoms with Gasteiger partial charge in [0.15, 0.2) is 5.82 Å². The number of hydrogen-bond acceptors (Lipinski definition) is 5. The zero-order chi connectivity index (χ0) is 22.4. The van der Waals surface area contributed by atoms with Crippen LogP contribution in [0.25, 0.3) is 17.1 Å². The van der Waals surface area contributed by atoms with Crippen LogP contribution in [-0.4, -0.2) is 34.4 Å². The van der Waals surface area contributed by atoms with Gasteiger partial charge in [-0.05, 0) is 60.4 Å². The van der Waals surface area contributed by atoms with Crippen molar-refractivity contribution in [3.63, 3.8) is 0 Å². The Bertz CT molecular complexity index is 993. The molecule has 1 amide bonds. The molecule has 0 saturated carbocycles. The minimum absolute atomic E-state index is 0.00630. The number of rotatable bonds is 9. The highest BCUT2D eigenvalue weighted by Crippen LogP contribution is 2.26. The molecule has 1 aromatic heterocycles. The number of nitrogens with one attached hydrogen (secondary N) is 1. The first-order chi connectivity index (χ1) is 14.9. The lowest BCUT2D eigenvalue weighted by Crippen LogP contribution is -2.13. The van der Waals surface area contributed by atoms with Gasteiger partial charge in [0.25, 0.3) is 0 Å². The molecule has 0 radical (unpaired) electrons. The summed E-state index contributed by atoms with van der Waals surface area (Å²) in [5.41, 5.74) is 2.46. The largest absolute Gasteiger partial charge is 0.497 e. The summed E-state index contributed by atoms with van der Waals surface area (Å²) in [6.45, 7) is 8.73. The molecule has 7 heteroatoms. The third-order valence-electron chi connectivity index (χ3n) is 4.47. The number of carbonyl (C=O) groups excluding carboxylic acids is 1. The molecule has 31 heavy (non-hydrogen) atoms. The van der Waals surface area contributed by atoms with E-state index in [1.807, 2.05) is 62.4 Å². The van der Waals surface area contributed by atoms with Crippen molar-refractivity contribution in [2.24, 2.45) is 11.8 Å². The van der Waals surface area contributed by atoms with Crippen LogP contribution in [0.1, 0.15) is 34.1 Å². The average molecular weight is 423 g/mol. The van der Waals surface area contributed by atoms with Gasteiger partial charge in [-0.1, -0.05) is 27.7 Å². The Labute approximate surface area is 183 Å². The van der Waals surface area contributed by atoms with Crippen molar-refractivity contribution in [3.05, 3.63) is 48.5 Å². The van der Waals surface area contributed by atoms with Crippen molar-refractivity contribution >= 4 is 11.6 Å². The normalized spacial score (nSPS) is 11.1. The smallest absolute Gasteiger partial charge is 0.336 e. The number of nitrogens with zero attached hydrogens (tertiary/aromatic N) is 3. The Balaban J connectivity index is 1.89. The summed E-state index contributed by atoms with van der Waals surface area (Å²) in [7, 11) is 1.64. The highest BCUT2D eigenvalue weighted by Gasteiger charge is 2.16. The van der Waals surface area contributed by atoms with Crippen LogP contribution >= 0.6 is 0 Å². The maximum atomic E-state index is 12.0. The molecule has 2 aromatic carbocycles. The topological polar surface area (TPSA) is 78.3 Å². The van der Waals surface area contributed by atoms with E-state index in [0.29, 0.717) is 36.7 Å². The molecule has 7 nitrogen and oxygen atoms in total. The van der Waals surface area contributed by atoms with E-state index < -0.39 is 0 Å². The summed E-state index contributed by atoms with van der Waals surface area (Å²) in [4.78, 5) is 16.6. The molecule has 1 heterocycles. The highest BCUT2D eigenvalue weighted by molar-refractivity contribution is 5.90. The van der Waals surface area contributed by atoms with Gasteiger partial charge in [0.05, 0.1) is 19.4 Å². The van der Waals surface area contributed by atoms with Crippen molar-refractivity contribution in [3.8, 4) is 28.8 Å². The summed E-state index contributed by atoms with van der Waals surface area (Å²) in [6.07, 6.45) is 0.489. The van der Waals surface area contributed by atoms with Crippen LogP contribution in [0.5, 0.6) is 11.8 Å². The van der Waals surface area contributed by atoms with Gasteiger partial charge in [0.2, 0.25) is 5.91 Å². The lowest BCUT2D eigenvalue weighted by Gasteiger charge is -2.09. The Hall–Kier alpha value is -3.35. The third-order valence-corrected chi connectivity index (χ3v) is 4.47. The molecule has 0 unspecified atom stereocenters. The maximum absolute atomic E-state index is 12.0. The molecule has 0 spiro atoms. The number of aromatic nitrogens is 3. The van der Waals surface area contributed by atoms with E-state index in [1.165, 1.54) is 0 Å². The van der Waals surface area contributed by atoms with Gasteiger partial charge in [-0.25, -0.2) is 4.68 Å². The van der Waals surface area contributed by atoms with Gasteiger partial charge >= 0.3 is 6.01 Å². The Morgan fingerprint density at radius 2 is 1.68 bits per heavy atom. The monoisotopic (exact) mass is 422 g/mol. The zero-order valence-corrected chi connectivity index (χ0v) is 18.8. The van der Waals surface area contributed by atoms with Crippen LogP contribution in [-0.2, 0) is 4.79 Å². The molecular weight excluding hydrogens is 392 g/mol. The predicted molar refractivity (Wildman–Crippen MR) is 122 cm³/mol. The highest BCUT2D eigenvalue weighted by atomic mass is 16.5. The van der Waals surface area contributed by atoms with Crippen molar-refractivity contribution < 1.29 is 14.3 Å². The Kier molecular flexibility index (Phi) is 7.28. The van der Waals surface area contributed by atoms with Gasteiger partial charge < -0.3 is 14.8 Å². The van der Waals surface area contributed by atoms with Crippen LogP contribution in [0, 0.1) is 11.8 Å². The van der Waals surface area contributed by atoms with E-state index in [4.69, 9.17) is 9.47 Å². The van der Waals surface area contributed by atoms with Crippen LogP contribution in [0.2, 0.25) is 0 Å². The molecule has 0 aliphatic rings. The van der Waals surface area contributed by atoms with Gasteiger partial charge in [0, 0.05) is 17.7 Å². The fourth-order valence-electron chi connectivity index (χ4n) is 2.97. The molecule has 0 saturated heterocycles. The van der Waals surface area contributed by atoms with E-state index in [0.717, 1.165) is 22.7 Å². The van der Waals surface area contributed by atoms with Gasteiger partial charge in [-0.3, -0.25) is 4.79 Å². The molecule has 3 aromatic rings. The van der Waals surface area contributed by atoms with Gasteiger partial charge in [-0.15, -0.1) is 5.10 Å². The first-order valence-electron chi connectivity index (χ1n) is 10.5. The van der Waals surface area contributed by atoms with Crippen LogP contribution in [0.4, 0.5) is 5.69 Å². The molecule has 0 fully saturated rings. The summed E-state index contributed by atoms with van der Waals surface area (Å²) < 4.78 is 12.8. The number of benzene rings is 2. The van der Waals surface area contributed by atoms with Crippen LogP contribution in [0.3, 0.4) is 0 Å². The molecule has 0 aliphatic carbocycles. The van der Waals surface area contributed by atoms with E-state index in [9.17, 15) is 4.79 Å². The SMILES string of the molecule is COc1ccc(-c2nc(OCC(C)C)nn2-c2ccc(NC(=O)CC(C)C)cc2)cc1. The minimum atomic E-state index is 0.00630. The van der Waals surface area contributed by atoms with E-state index in [-0.39, 0.29) is 5.91 Å². The molecule has 164 valence electrons. The van der Waals surface area contributed by atoms with Crippen molar-refractivity contribution in [2.75, 3.05) is 19.0 Å². The number of ether oxygens (including phenoxy) is 2. The van der Waals surface area contributed by atoms with Crippen molar-refractivity contribution in [2.45, 2.75) is 34.1 Å². The van der Waals surface area contributed by atoms with E-state index >= 15 is 0 Å². The van der Waals surface area contributed by atoms with Crippen molar-refractivity contribution in [1.29, 1.82) is 0 Å². The molecule has 0 atom stereocenters. The second-order valence-electron chi connectivity index (χ2n) is 8.26. The average Bonchev–Trinajstić information content (AvgIpc) is 3.16. The first-order valence-corrected chi connectivity index (χ1v) is 10.5. The minimum Gasteiger partial charge on any atom is -0.497 e. The standard InChI is InChI=1S/C24H30N4O3/c1-16(2)14-22(29)25-19-8-10-20(11-9-19)28-23(18-6-12-21(30-5)13-7-18)26-24(27-28)31-15-17(3)4/h6-13,16-17H,14-15H2,1-5H3,(H,25,29). The fraction of sp³-hybridized carbons (Fsp3) is 0.375. The number of carbonyl (C=O) groups is 1. The lowest BCUT2D eigenvalue weighted by atomic mass is 10.1. The van der Waals surface area contributed by atoms with Crippen LogP contribution < -0.4 is 14.8 Å². The lowest BCUT2D eigenvalue weighted by molar-refractivity contribution is -0.116. The number of hydrogen-bond donors (Lipinski definition) is 1. The number of amides is 1. The van der Waals surface area contributed by atoms with Crippen molar-refractivity contribution in [1.82, 2.24) is 14.8 Å². The summed E-state index contributed by atoms with van der Waals surface area (Å²) in [6, 6.07) is 15.5. The second-order valence-corrected chi connectivity index (χ2v) is 8.26. The number of methoxy groups -OCH3 is 1. The number of anilines is 1. The molecule has 0 aliphatic heterocycles. The van der Waals surface area contributed by atoms with E-state index in [1.54, 1.807) is 11.8 Å². The molecular formula is C24H30N4O3. The Morgan fingerprint density at radius 3 is 2.26 bits per heavy atom. The third kappa shape index (κ3) is 6.07. The van der Waals surface area contributed by atoms with Gasteiger partial charge in [0.1, 0.15) is 5.75 Å². The predicted octanol–water partition coefficient (Wildman–Crippen LogP) is 4.96. The summed E-state index contributed by atoms with van der Waals surface area (Å²) in [5, 5.41) is 7.49. The van der Waals surface area contributed by atoms with Gasteiger partial charge in [-0.2, -0.15) is 4.98 Å². The Morgan fingerprint density at radius 1 is 1.00 bits per heavy atom. The zero-order valence-electron chi connectivity index (χ0n) is 18.8. The second kappa shape index (κ2) is 10.1.